The molecule has 1 amide bonds. The van der Waals surface area contributed by atoms with Crippen LogP contribution in [0.4, 0.5) is 11.6 Å². The number of nitrogens with zero attached hydrogens (tertiary/aromatic N) is 5. The number of fused-ring (bicyclic) bond motifs is 1. The van der Waals surface area contributed by atoms with Crippen LogP contribution < -0.4 is 10.6 Å². The molecular weight excluding hydrogens is 508 g/mol. The number of amides is 1. The number of unbranched alkanes of at least 4 members (excludes halogenated alkanes) is 1. The topological polar surface area (TPSA) is 139 Å². The molecule has 4 rings (SSSR count). The molecule has 38 heavy (non-hydrogen) atoms. The van der Waals surface area contributed by atoms with Crippen molar-refractivity contribution < 1.29 is 22.7 Å². The standard InChI is InChI=1S/C26H36N6O5S/c1-19-28-25(27)22-18-23(33)32(26(22)29-19)13-6-5-12-31(15-14-30-10-3-4-11-30)38(35,36)21-9-7-8-20(16-21)17-24(34)37-2/h7-9,16H,3-6,10-15,17-18H2,1-2H3,(H2,27,28,29). The quantitative estimate of drug-likeness (QED) is 0.311. The minimum Gasteiger partial charge on any atom is -0.469 e. The fraction of sp³-hybridized carbons (Fsp3) is 0.538. The Hall–Kier alpha value is -3.09. The van der Waals surface area contributed by atoms with Gasteiger partial charge in [0.25, 0.3) is 0 Å². The first-order valence-corrected chi connectivity index (χ1v) is 14.4. The summed E-state index contributed by atoms with van der Waals surface area (Å²) in [6, 6.07) is 6.47. The van der Waals surface area contributed by atoms with E-state index in [9.17, 15) is 18.0 Å². The molecule has 1 saturated heterocycles. The van der Waals surface area contributed by atoms with Crippen molar-refractivity contribution in [2.75, 3.05) is 57.0 Å². The van der Waals surface area contributed by atoms with E-state index in [-0.39, 0.29) is 23.6 Å². The first kappa shape index (κ1) is 27.9. The van der Waals surface area contributed by atoms with Crippen LogP contribution in [0, 0.1) is 6.92 Å². The van der Waals surface area contributed by atoms with Gasteiger partial charge in [-0.3, -0.25) is 14.5 Å². The summed E-state index contributed by atoms with van der Waals surface area (Å²) < 4.78 is 33.6. The number of rotatable bonds is 12. The van der Waals surface area contributed by atoms with Crippen molar-refractivity contribution in [2.24, 2.45) is 0 Å². The number of aromatic nitrogens is 2. The predicted octanol–water partition coefficient (Wildman–Crippen LogP) is 1.54. The molecule has 0 bridgehead atoms. The Bertz CT molecular complexity index is 1280. The summed E-state index contributed by atoms with van der Waals surface area (Å²) in [5.74, 6) is 0.894. The monoisotopic (exact) mass is 544 g/mol. The number of nitrogen functional groups attached to an aromatic ring is 1. The average Bonchev–Trinajstić information content (AvgIpc) is 3.51. The minimum atomic E-state index is -3.79. The predicted molar refractivity (Wildman–Crippen MR) is 143 cm³/mol. The number of ether oxygens (including phenoxy) is 1. The number of benzene rings is 1. The normalized spacial score (nSPS) is 15.9. The van der Waals surface area contributed by atoms with Crippen LogP contribution in [-0.2, 0) is 37.2 Å². The fourth-order valence-corrected chi connectivity index (χ4v) is 6.50. The minimum absolute atomic E-state index is 0.00647. The highest BCUT2D eigenvalue weighted by Gasteiger charge is 2.31. The third-order valence-electron chi connectivity index (χ3n) is 7.03. The molecule has 2 aliphatic heterocycles. The third-order valence-corrected chi connectivity index (χ3v) is 8.92. The maximum absolute atomic E-state index is 13.7. The molecule has 1 fully saturated rings. The molecule has 0 saturated carbocycles. The van der Waals surface area contributed by atoms with Crippen molar-refractivity contribution in [1.29, 1.82) is 0 Å². The van der Waals surface area contributed by atoms with Crippen LogP contribution in [0.1, 0.15) is 42.6 Å². The van der Waals surface area contributed by atoms with E-state index in [1.54, 1.807) is 36.1 Å². The van der Waals surface area contributed by atoms with E-state index < -0.39 is 16.0 Å². The zero-order valence-electron chi connectivity index (χ0n) is 22.1. The lowest BCUT2D eigenvalue weighted by Crippen LogP contribution is -2.39. The van der Waals surface area contributed by atoms with Gasteiger partial charge >= 0.3 is 5.97 Å². The van der Waals surface area contributed by atoms with Crippen LogP contribution in [0.3, 0.4) is 0 Å². The lowest BCUT2D eigenvalue weighted by molar-refractivity contribution is -0.139. The smallest absolute Gasteiger partial charge is 0.309 e. The summed E-state index contributed by atoms with van der Waals surface area (Å²) in [5.41, 5.74) is 7.23. The van der Waals surface area contributed by atoms with Gasteiger partial charge in [0.15, 0.2) is 0 Å². The summed E-state index contributed by atoms with van der Waals surface area (Å²) >= 11 is 0. The number of carbonyl (C=O) groups is 2. The number of anilines is 2. The van der Waals surface area contributed by atoms with Gasteiger partial charge in [-0.1, -0.05) is 12.1 Å². The van der Waals surface area contributed by atoms with E-state index in [0.717, 1.165) is 25.9 Å². The SMILES string of the molecule is COC(=O)Cc1cccc(S(=O)(=O)N(CCCCN2C(=O)Cc3c(N)nc(C)nc32)CCN2CCCC2)c1. The highest BCUT2D eigenvalue weighted by atomic mass is 32.2. The molecule has 1 aromatic carbocycles. The molecule has 1 aromatic heterocycles. The van der Waals surface area contributed by atoms with Crippen LogP contribution in [0.25, 0.3) is 0 Å². The van der Waals surface area contributed by atoms with Crippen molar-refractivity contribution in [3.8, 4) is 0 Å². The summed E-state index contributed by atoms with van der Waals surface area (Å²) in [6.45, 7) is 5.47. The number of likely N-dealkylation sites (tertiary alicyclic amines) is 1. The number of hydrogen-bond donors (Lipinski definition) is 1. The number of aryl methyl sites for hydroxylation is 1. The van der Waals surface area contributed by atoms with Gasteiger partial charge in [0.2, 0.25) is 15.9 Å². The molecule has 2 aliphatic rings. The van der Waals surface area contributed by atoms with Crippen molar-refractivity contribution in [2.45, 2.75) is 50.3 Å². The Morgan fingerprint density at radius 1 is 1.13 bits per heavy atom. The first-order valence-electron chi connectivity index (χ1n) is 13.0. The van der Waals surface area contributed by atoms with Gasteiger partial charge in [0.1, 0.15) is 17.5 Å². The van der Waals surface area contributed by atoms with Crippen LogP contribution in [0.15, 0.2) is 29.2 Å². The Morgan fingerprint density at radius 3 is 2.63 bits per heavy atom. The number of sulfonamides is 1. The van der Waals surface area contributed by atoms with Crippen LogP contribution in [0.2, 0.25) is 0 Å². The zero-order chi connectivity index (χ0) is 27.3. The lowest BCUT2D eigenvalue weighted by Gasteiger charge is -2.25. The zero-order valence-corrected chi connectivity index (χ0v) is 22.9. The molecule has 0 aliphatic carbocycles. The van der Waals surface area contributed by atoms with Gasteiger partial charge in [-0.25, -0.2) is 18.4 Å². The van der Waals surface area contributed by atoms with E-state index in [0.29, 0.717) is 67.6 Å². The van der Waals surface area contributed by atoms with E-state index >= 15 is 0 Å². The van der Waals surface area contributed by atoms with E-state index in [4.69, 9.17) is 10.5 Å². The van der Waals surface area contributed by atoms with Crippen LogP contribution >= 0.6 is 0 Å². The summed E-state index contributed by atoms with van der Waals surface area (Å²) in [5, 5.41) is 0. The van der Waals surface area contributed by atoms with Crippen LogP contribution in [-0.4, -0.2) is 85.8 Å². The molecule has 12 heteroatoms. The number of hydrogen-bond acceptors (Lipinski definition) is 9. The fourth-order valence-electron chi connectivity index (χ4n) is 4.96. The molecule has 2 aromatic rings. The van der Waals surface area contributed by atoms with Gasteiger partial charge < -0.3 is 15.4 Å². The Morgan fingerprint density at radius 2 is 1.89 bits per heavy atom. The maximum Gasteiger partial charge on any atom is 0.309 e. The highest BCUT2D eigenvalue weighted by molar-refractivity contribution is 7.89. The number of carbonyl (C=O) groups excluding carboxylic acids is 2. The van der Waals surface area contributed by atoms with Crippen molar-refractivity contribution in [3.05, 3.63) is 41.2 Å². The first-order chi connectivity index (χ1) is 18.2. The van der Waals surface area contributed by atoms with Gasteiger partial charge in [-0.05, 0) is 63.4 Å². The third kappa shape index (κ3) is 6.48. The number of methoxy groups -OCH3 is 1. The maximum atomic E-state index is 13.7. The molecule has 0 unspecified atom stereocenters. The summed E-state index contributed by atoms with van der Waals surface area (Å²) in [6.07, 6.45) is 3.61. The number of esters is 1. The van der Waals surface area contributed by atoms with E-state index in [2.05, 4.69) is 14.9 Å². The molecule has 3 heterocycles. The molecular formula is C26H36N6O5S. The van der Waals surface area contributed by atoms with Gasteiger partial charge in [-0.15, -0.1) is 0 Å². The molecule has 0 radical (unpaired) electrons. The number of nitrogens with two attached hydrogens (primary N) is 1. The summed E-state index contributed by atoms with van der Waals surface area (Å²) in [4.78, 5) is 37.0. The van der Waals surface area contributed by atoms with Gasteiger partial charge in [-0.2, -0.15) is 4.31 Å². The molecule has 206 valence electrons. The average molecular weight is 545 g/mol. The van der Waals surface area contributed by atoms with Crippen LogP contribution in [0.5, 0.6) is 0 Å². The second-order valence-corrected chi connectivity index (χ2v) is 11.7. The largest absolute Gasteiger partial charge is 0.469 e. The second-order valence-electron chi connectivity index (χ2n) is 9.74. The Balaban J connectivity index is 1.44. The molecule has 0 spiro atoms. The van der Waals surface area contributed by atoms with Gasteiger partial charge in [0.05, 0.1) is 24.8 Å². The summed E-state index contributed by atoms with van der Waals surface area (Å²) in [7, 11) is -2.49. The molecule has 0 atom stereocenters. The Kier molecular flexibility index (Phi) is 8.95. The van der Waals surface area contributed by atoms with E-state index in [1.807, 2.05) is 0 Å². The molecule has 2 N–H and O–H groups in total. The highest BCUT2D eigenvalue weighted by Crippen LogP contribution is 2.30. The lowest BCUT2D eigenvalue weighted by atomic mass is 10.1. The van der Waals surface area contributed by atoms with E-state index in [1.165, 1.54) is 11.4 Å². The van der Waals surface area contributed by atoms with Crippen molar-refractivity contribution in [1.82, 2.24) is 19.2 Å². The Labute approximate surface area is 224 Å². The van der Waals surface area contributed by atoms with Gasteiger partial charge in [0, 0.05) is 31.7 Å². The molecule has 11 nitrogen and oxygen atoms in total. The van der Waals surface area contributed by atoms with Crippen molar-refractivity contribution in [3.63, 3.8) is 0 Å². The van der Waals surface area contributed by atoms with Crippen molar-refractivity contribution >= 4 is 33.5 Å². The second kappa shape index (κ2) is 12.2.